The molecule has 0 aliphatic carbocycles. The molecule has 4 rings (SSSR count). The molecule has 0 fully saturated rings. The summed E-state index contributed by atoms with van der Waals surface area (Å²) in [5, 5.41) is 5.26. The fraction of sp³-hybridized carbons (Fsp3) is 0.115. The fourth-order valence-corrected chi connectivity index (χ4v) is 3.78. The number of carbonyl (C=O) groups excluding carboxylic acids is 4. The number of amides is 5. The van der Waals surface area contributed by atoms with E-state index < -0.39 is 24.0 Å². The Hall–Kier alpha value is -4.79. The van der Waals surface area contributed by atoms with Crippen LogP contribution in [0.25, 0.3) is 0 Å². The van der Waals surface area contributed by atoms with E-state index in [1.54, 1.807) is 25.2 Å². The lowest BCUT2D eigenvalue weighted by atomic mass is 10.0. The zero-order valence-corrected chi connectivity index (χ0v) is 19.1. The molecule has 0 spiro atoms. The van der Waals surface area contributed by atoms with E-state index in [9.17, 15) is 19.2 Å². The van der Waals surface area contributed by atoms with E-state index in [1.807, 2.05) is 54.6 Å². The predicted octanol–water partition coefficient (Wildman–Crippen LogP) is 3.16. The van der Waals surface area contributed by atoms with Gasteiger partial charge in [-0.3, -0.25) is 19.3 Å². The molecule has 1 atom stereocenters. The third kappa shape index (κ3) is 4.93. The lowest BCUT2D eigenvalue weighted by Gasteiger charge is -2.21. The number of aliphatic imine (C=N–C) groups is 1. The van der Waals surface area contributed by atoms with Gasteiger partial charge in [0, 0.05) is 30.8 Å². The minimum absolute atomic E-state index is 0.301. The number of urea groups is 1. The number of likely N-dealkylation sites (N-methyl/N-ethyl adjacent to an activating group) is 1. The van der Waals surface area contributed by atoms with Crippen LogP contribution < -0.4 is 20.4 Å². The first kappa shape index (κ1) is 23.4. The molecule has 0 saturated heterocycles. The third-order valence-electron chi connectivity index (χ3n) is 5.49. The van der Waals surface area contributed by atoms with E-state index in [4.69, 9.17) is 0 Å². The van der Waals surface area contributed by atoms with Gasteiger partial charge in [-0.2, -0.15) is 0 Å². The van der Waals surface area contributed by atoms with Crippen LogP contribution in [0.2, 0.25) is 0 Å². The van der Waals surface area contributed by atoms with Gasteiger partial charge in [-0.1, -0.05) is 54.6 Å². The van der Waals surface area contributed by atoms with Gasteiger partial charge < -0.3 is 15.5 Å². The van der Waals surface area contributed by atoms with Crippen LogP contribution in [-0.2, 0) is 14.4 Å². The Morgan fingerprint density at radius 1 is 1.00 bits per heavy atom. The number of fused-ring (bicyclic) bond motifs is 1. The summed E-state index contributed by atoms with van der Waals surface area (Å²) in [7, 11) is 1.64. The molecule has 0 aromatic heterocycles. The summed E-state index contributed by atoms with van der Waals surface area (Å²) < 4.78 is 0. The van der Waals surface area contributed by atoms with Gasteiger partial charge in [-0.15, -0.1) is 0 Å². The molecule has 9 heteroatoms. The van der Waals surface area contributed by atoms with Gasteiger partial charge in [-0.25, -0.2) is 9.79 Å². The molecule has 0 radical (unpaired) electrons. The highest BCUT2D eigenvalue weighted by molar-refractivity contribution is 6.20. The molecule has 35 heavy (non-hydrogen) atoms. The number of rotatable bonds is 5. The van der Waals surface area contributed by atoms with Crippen LogP contribution >= 0.6 is 0 Å². The number of benzene rings is 3. The molecule has 0 saturated carbocycles. The van der Waals surface area contributed by atoms with Crippen LogP contribution in [0.1, 0.15) is 18.1 Å². The summed E-state index contributed by atoms with van der Waals surface area (Å²) in [5.41, 5.74) is 3.46. The zero-order chi connectivity index (χ0) is 24.9. The normalized spacial score (nSPS) is 14.8. The van der Waals surface area contributed by atoms with Crippen LogP contribution in [0.3, 0.4) is 0 Å². The van der Waals surface area contributed by atoms with Crippen molar-refractivity contribution in [3.63, 3.8) is 0 Å². The first-order valence-corrected chi connectivity index (χ1v) is 10.8. The first-order valence-electron chi connectivity index (χ1n) is 10.8. The monoisotopic (exact) mass is 469 g/mol. The van der Waals surface area contributed by atoms with Crippen molar-refractivity contribution in [2.24, 2.45) is 4.99 Å². The van der Waals surface area contributed by atoms with Crippen molar-refractivity contribution in [3.05, 3.63) is 90.0 Å². The van der Waals surface area contributed by atoms with Gasteiger partial charge in [0.1, 0.15) is 0 Å². The summed E-state index contributed by atoms with van der Waals surface area (Å²) in [5.74, 6) is -0.868. The standard InChI is InChI=1S/C26H23N5O4/c1-17(33)31(16-32)20-12-8-11-19(15-20)27-26(35)29-24-25(34)30(2)22-14-7-6-13-21(22)23(28-24)18-9-4-3-5-10-18/h3-16,24H,1-2H3,(H2,27,29,35). The number of hydrogen-bond donors (Lipinski definition) is 2. The SMILES string of the molecule is CC(=O)N(C=O)c1cccc(NC(=O)NC2N=C(c3ccccc3)c3ccccc3N(C)C2=O)c1. The maximum Gasteiger partial charge on any atom is 0.321 e. The maximum atomic E-state index is 13.2. The Balaban J connectivity index is 1.62. The topological polar surface area (TPSA) is 111 Å². The number of anilines is 3. The molecule has 3 aromatic carbocycles. The fourth-order valence-electron chi connectivity index (χ4n) is 3.78. The van der Waals surface area contributed by atoms with Crippen LogP contribution in [0, 0.1) is 0 Å². The van der Waals surface area contributed by atoms with Crippen LogP contribution in [0.4, 0.5) is 21.9 Å². The van der Waals surface area contributed by atoms with Crippen molar-refractivity contribution in [2.75, 3.05) is 22.2 Å². The second kappa shape index (κ2) is 10.0. The Morgan fingerprint density at radius 3 is 2.43 bits per heavy atom. The maximum absolute atomic E-state index is 13.2. The average Bonchev–Trinajstić information content (AvgIpc) is 2.96. The predicted molar refractivity (Wildman–Crippen MR) is 134 cm³/mol. The van der Waals surface area contributed by atoms with Gasteiger partial charge in [0.05, 0.1) is 17.1 Å². The Morgan fingerprint density at radius 2 is 1.71 bits per heavy atom. The zero-order valence-electron chi connectivity index (χ0n) is 19.1. The molecule has 1 heterocycles. The highest BCUT2D eigenvalue weighted by Crippen LogP contribution is 2.27. The van der Waals surface area contributed by atoms with Gasteiger partial charge in [0.25, 0.3) is 5.91 Å². The Kier molecular flexibility index (Phi) is 6.68. The van der Waals surface area contributed by atoms with E-state index in [1.165, 1.54) is 17.9 Å². The Labute approximate surface area is 202 Å². The van der Waals surface area contributed by atoms with Gasteiger partial charge in [-0.05, 0) is 24.3 Å². The quantitative estimate of drug-likeness (QED) is 0.559. The number of imide groups is 1. The number of hydrogen-bond acceptors (Lipinski definition) is 5. The van der Waals surface area contributed by atoms with Crippen LogP contribution in [0.5, 0.6) is 0 Å². The first-order chi connectivity index (χ1) is 16.9. The van der Waals surface area contributed by atoms with Crippen molar-refractivity contribution >= 4 is 47.0 Å². The molecule has 9 nitrogen and oxygen atoms in total. The molecule has 176 valence electrons. The smallest absolute Gasteiger partial charge is 0.311 e. The highest BCUT2D eigenvalue weighted by Gasteiger charge is 2.31. The Bertz CT molecular complexity index is 1320. The van der Waals surface area contributed by atoms with E-state index in [2.05, 4.69) is 15.6 Å². The average molecular weight is 470 g/mol. The van der Waals surface area contributed by atoms with Crippen LogP contribution in [-0.4, -0.2) is 43.2 Å². The van der Waals surface area contributed by atoms with Crippen molar-refractivity contribution in [3.8, 4) is 0 Å². The number of benzodiazepines with no additional fused rings is 1. The van der Waals surface area contributed by atoms with Crippen molar-refractivity contribution in [2.45, 2.75) is 13.1 Å². The molecule has 1 aliphatic heterocycles. The molecule has 1 aliphatic rings. The molecular weight excluding hydrogens is 446 g/mol. The molecule has 2 N–H and O–H groups in total. The number of carbonyl (C=O) groups is 4. The summed E-state index contributed by atoms with van der Waals surface area (Å²) in [4.78, 5) is 56.0. The third-order valence-corrected chi connectivity index (χ3v) is 5.49. The molecule has 5 amide bonds. The molecular formula is C26H23N5O4. The van der Waals surface area contributed by atoms with Crippen molar-refractivity contribution in [1.29, 1.82) is 0 Å². The summed E-state index contributed by atoms with van der Waals surface area (Å²) in [6, 6.07) is 22.4. The van der Waals surface area contributed by atoms with E-state index >= 15 is 0 Å². The lowest BCUT2D eigenvalue weighted by Crippen LogP contribution is -2.47. The molecule has 3 aromatic rings. The van der Waals surface area contributed by atoms with E-state index in [-0.39, 0.29) is 0 Å². The van der Waals surface area contributed by atoms with Gasteiger partial charge in [0.15, 0.2) is 0 Å². The van der Waals surface area contributed by atoms with E-state index in [0.29, 0.717) is 29.2 Å². The minimum atomic E-state index is -1.19. The van der Waals surface area contributed by atoms with Crippen molar-refractivity contribution < 1.29 is 19.2 Å². The van der Waals surface area contributed by atoms with Gasteiger partial charge >= 0.3 is 6.03 Å². The van der Waals surface area contributed by atoms with Gasteiger partial charge in [0.2, 0.25) is 18.5 Å². The molecule has 1 unspecified atom stereocenters. The number of nitrogens with one attached hydrogen (secondary N) is 2. The lowest BCUT2D eigenvalue weighted by molar-refractivity contribution is -0.121. The minimum Gasteiger partial charge on any atom is -0.311 e. The molecule has 0 bridgehead atoms. The highest BCUT2D eigenvalue weighted by atomic mass is 16.2. The summed E-state index contributed by atoms with van der Waals surface area (Å²) >= 11 is 0. The van der Waals surface area contributed by atoms with Crippen molar-refractivity contribution in [1.82, 2.24) is 5.32 Å². The second-order valence-corrected chi connectivity index (χ2v) is 7.80. The number of para-hydroxylation sites is 1. The van der Waals surface area contributed by atoms with E-state index in [0.717, 1.165) is 16.0 Å². The summed E-state index contributed by atoms with van der Waals surface area (Å²) in [6.07, 6.45) is -0.784. The van der Waals surface area contributed by atoms with Crippen LogP contribution in [0.15, 0.2) is 83.9 Å². The number of nitrogens with zero attached hydrogens (tertiary/aromatic N) is 3. The summed E-state index contributed by atoms with van der Waals surface area (Å²) in [6.45, 7) is 1.26. The second-order valence-electron chi connectivity index (χ2n) is 7.80. The largest absolute Gasteiger partial charge is 0.321 e.